The zero-order chi connectivity index (χ0) is 31.1. The van der Waals surface area contributed by atoms with Crippen LogP contribution in [0.1, 0.15) is 51.2 Å². The fourth-order valence-electron chi connectivity index (χ4n) is 3.83. The third-order valence-corrected chi connectivity index (χ3v) is 6.38. The van der Waals surface area contributed by atoms with Gasteiger partial charge in [-0.1, -0.05) is 67.6 Å². The van der Waals surface area contributed by atoms with Crippen LogP contribution in [-0.2, 0) is 35.1 Å². The quantitative estimate of drug-likeness (QED) is 0.147. The predicted molar refractivity (Wildman–Crippen MR) is 157 cm³/mol. The number of nitrogens with two attached hydrogens (primary N) is 1. The normalized spacial score (nSPS) is 14.6. The van der Waals surface area contributed by atoms with Gasteiger partial charge in [-0.2, -0.15) is 0 Å². The summed E-state index contributed by atoms with van der Waals surface area (Å²) in [4.78, 5) is 63.5. The number of aliphatic hydroxyl groups excluding tert-OH is 1. The van der Waals surface area contributed by atoms with Crippen LogP contribution in [0.4, 0.5) is 0 Å². The van der Waals surface area contributed by atoms with Crippen LogP contribution < -0.4 is 21.7 Å². The van der Waals surface area contributed by atoms with Crippen LogP contribution in [0.5, 0.6) is 0 Å². The van der Waals surface area contributed by atoms with E-state index in [1.807, 2.05) is 25.1 Å². The molecule has 0 radical (unpaired) electrons. The first-order valence-electron chi connectivity index (χ1n) is 13.8. The summed E-state index contributed by atoms with van der Waals surface area (Å²) in [6, 6.07) is 14.1. The van der Waals surface area contributed by atoms with Gasteiger partial charge in [0.2, 0.25) is 23.6 Å². The van der Waals surface area contributed by atoms with Crippen LogP contribution in [0.2, 0.25) is 0 Å². The third kappa shape index (κ3) is 11.9. The van der Waals surface area contributed by atoms with E-state index < -0.39 is 59.9 Å². The number of benzene rings is 2. The van der Waals surface area contributed by atoms with Crippen LogP contribution in [-0.4, -0.2) is 65.0 Å². The third-order valence-electron chi connectivity index (χ3n) is 6.38. The highest BCUT2D eigenvalue weighted by Gasteiger charge is 2.32. The Hall–Kier alpha value is -4.51. The average Bonchev–Trinajstić information content (AvgIpc) is 2.97. The molecule has 42 heavy (non-hydrogen) atoms. The fraction of sp³-hybridized carbons (Fsp3) is 0.387. The molecule has 5 atom stereocenters. The molecule has 2 aromatic carbocycles. The number of ether oxygens (including phenoxy) is 1. The van der Waals surface area contributed by atoms with Crippen molar-refractivity contribution in [3.05, 3.63) is 77.9 Å². The molecule has 2 aromatic rings. The van der Waals surface area contributed by atoms with Crippen molar-refractivity contribution >= 4 is 35.7 Å². The molecule has 226 valence electrons. The van der Waals surface area contributed by atoms with Crippen LogP contribution in [0.25, 0.3) is 6.08 Å². The minimum Gasteiger partial charge on any atom is -0.461 e. The van der Waals surface area contributed by atoms with E-state index in [0.717, 1.165) is 5.56 Å². The molecule has 0 spiro atoms. The van der Waals surface area contributed by atoms with Gasteiger partial charge in [-0.15, -0.1) is 0 Å². The van der Waals surface area contributed by atoms with Gasteiger partial charge in [0, 0.05) is 18.9 Å². The summed E-state index contributed by atoms with van der Waals surface area (Å²) in [6.45, 7) is 4.86. The standard InChI is InChI=1S/C31H40N4O7/c1-4-20(2)42-31(41)24(16-17-26(32)37)33-29(39)25(19-23-13-9-6-10-14-23)34-30(40)28(21(3)36)35-27(38)18-15-22-11-7-5-8-12-22/h5-15,18,20-21,24-25,28,36H,4,16-17,19H2,1-3H3,(H2,32,37)(H,33,39)(H,34,40)(H,35,38)/b18-15+/t20?,21-,24+,25+,28+/m1/s1. The zero-order valence-electron chi connectivity index (χ0n) is 24.1. The van der Waals surface area contributed by atoms with Crippen LogP contribution >= 0.6 is 0 Å². The molecule has 0 aliphatic heterocycles. The van der Waals surface area contributed by atoms with Gasteiger partial charge in [0.15, 0.2) is 0 Å². The van der Waals surface area contributed by atoms with E-state index in [-0.39, 0.29) is 19.3 Å². The first-order chi connectivity index (χ1) is 20.0. The van der Waals surface area contributed by atoms with Crippen molar-refractivity contribution in [2.24, 2.45) is 5.73 Å². The molecule has 0 aliphatic carbocycles. The van der Waals surface area contributed by atoms with Gasteiger partial charge in [0.1, 0.15) is 18.1 Å². The molecule has 0 aromatic heterocycles. The molecule has 11 nitrogen and oxygen atoms in total. The maximum absolute atomic E-state index is 13.5. The maximum atomic E-state index is 13.5. The molecule has 4 amide bonds. The van der Waals surface area contributed by atoms with Crippen molar-refractivity contribution in [3.63, 3.8) is 0 Å². The molecule has 6 N–H and O–H groups in total. The van der Waals surface area contributed by atoms with E-state index in [1.165, 1.54) is 13.0 Å². The Kier molecular flexibility index (Phi) is 13.9. The summed E-state index contributed by atoms with van der Waals surface area (Å²) in [6.07, 6.45) is 1.38. The van der Waals surface area contributed by atoms with Crippen LogP contribution in [0.3, 0.4) is 0 Å². The summed E-state index contributed by atoms with van der Waals surface area (Å²) in [5, 5.41) is 17.9. The summed E-state index contributed by atoms with van der Waals surface area (Å²) in [5.74, 6) is -3.54. The van der Waals surface area contributed by atoms with Crippen LogP contribution in [0, 0.1) is 0 Å². The smallest absolute Gasteiger partial charge is 0.328 e. The number of aliphatic hydroxyl groups is 1. The lowest BCUT2D eigenvalue weighted by molar-refractivity contribution is -0.152. The van der Waals surface area contributed by atoms with E-state index in [4.69, 9.17) is 10.5 Å². The number of amides is 4. The Morgan fingerprint density at radius 1 is 0.881 bits per heavy atom. The zero-order valence-corrected chi connectivity index (χ0v) is 24.1. The Balaban J connectivity index is 2.23. The number of hydrogen-bond acceptors (Lipinski definition) is 7. The van der Waals surface area contributed by atoms with Gasteiger partial charge in [0.25, 0.3) is 0 Å². The lowest BCUT2D eigenvalue weighted by Crippen LogP contribution is -2.58. The molecular weight excluding hydrogens is 540 g/mol. The molecule has 0 saturated heterocycles. The van der Waals surface area contributed by atoms with E-state index in [9.17, 15) is 29.1 Å². The highest BCUT2D eigenvalue weighted by Crippen LogP contribution is 2.09. The molecule has 1 unspecified atom stereocenters. The van der Waals surface area contributed by atoms with E-state index in [1.54, 1.807) is 55.5 Å². The van der Waals surface area contributed by atoms with Gasteiger partial charge in [-0.05, 0) is 43.9 Å². The largest absolute Gasteiger partial charge is 0.461 e. The summed E-state index contributed by atoms with van der Waals surface area (Å²) >= 11 is 0. The van der Waals surface area contributed by atoms with Crippen molar-refractivity contribution in [2.45, 2.75) is 76.8 Å². The second-order valence-corrected chi connectivity index (χ2v) is 9.94. The number of esters is 1. The predicted octanol–water partition coefficient (Wildman–Crippen LogP) is 1.38. The highest BCUT2D eigenvalue weighted by atomic mass is 16.5. The van der Waals surface area contributed by atoms with Crippen molar-refractivity contribution in [1.29, 1.82) is 0 Å². The van der Waals surface area contributed by atoms with E-state index in [0.29, 0.717) is 12.0 Å². The number of rotatable bonds is 16. The SMILES string of the molecule is CCC(C)OC(=O)[C@H](CCC(N)=O)NC(=O)[C@H](Cc1ccccc1)NC(=O)[C@@H](NC(=O)/C=C/c1ccccc1)[C@@H](C)O. The van der Waals surface area contributed by atoms with Crippen molar-refractivity contribution in [1.82, 2.24) is 16.0 Å². The highest BCUT2D eigenvalue weighted by molar-refractivity contribution is 5.97. The molecule has 2 rings (SSSR count). The van der Waals surface area contributed by atoms with Gasteiger partial charge < -0.3 is 31.5 Å². The Morgan fingerprint density at radius 2 is 1.48 bits per heavy atom. The molecule has 0 bridgehead atoms. The molecule has 0 aliphatic rings. The number of primary amides is 1. The monoisotopic (exact) mass is 580 g/mol. The first-order valence-corrected chi connectivity index (χ1v) is 13.8. The van der Waals surface area contributed by atoms with Gasteiger partial charge in [-0.25, -0.2) is 4.79 Å². The minimum atomic E-state index is -1.38. The van der Waals surface area contributed by atoms with Crippen LogP contribution in [0.15, 0.2) is 66.7 Å². The minimum absolute atomic E-state index is 0.0374. The first kappa shape index (κ1) is 33.7. The number of nitrogens with one attached hydrogen (secondary N) is 3. The summed E-state index contributed by atoms with van der Waals surface area (Å²) in [5.41, 5.74) is 6.73. The Bertz CT molecular complexity index is 1220. The molecule has 0 saturated carbocycles. The van der Waals surface area contributed by atoms with Crippen molar-refractivity contribution in [3.8, 4) is 0 Å². The van der Waals surface area contributed by atoms with Gasteiger partial charge in [0.05, 0.1) is 12.2 Å². The number of carbonyl (C=O) groups excluding carboxylic acids is 5. The second-order valence-electron chi connectivity index (χ2n) is 9.94. The Labute approximate surface area is 245 Å². The van der Waals surface area contributed by atoms with E-state index >= 15 is 0 Å². The Morgan fingerprint density at radius 3 is 2.05 bits per heavy atom. The molecular formula is C31H40N4O7. The second kappa shape index (κ2) is 17.3. The fourth-order valence-corrected chi connectivity index (χ4v) is 3.83. The lowest BCUT2D eigenvalue weighted by Gasteiger charge is -2.26. The lowest BCUT2D eigenvalue weighted by atomic mass is 10.0. The summed E-state index contributed by atoms with van der Waals surface area (Å²) < 4.78 is 5.36. The molecule has 0 fully saturated rings. The average molecular weight is 581 g/mol. The van der Waals surface area contributed by atoms with E-state index in [2.05, 4.69) is 16.0 Å². The summed E-state index contributed by atoms with van der Waals surface area (Å²) in [7, 11) is 0. The number of carbonyl (C=O) groups is 5. The topological polar surface area (TPSA) is 177 Å². The van der Waals surface area contributed by atoms with Crippen molar-refractivity contribution in [2.75, 3.05) is 0 Å². The van der Waals surface area contributed by atoms with Gasteiger partial charge in [-0.3, -0.25) is 19.2 Å². The molecule has 0 heterocycles. The van der Waals surface area contributed by atoms with Crippen molar-refractivity contribution < 1.29 is 33.8 Å². The maximum Gasteiger partial charge on any atom is 0.328 e. The number of hydrogen-bond donors (Lipinski definition) is 5. The van der Waals surface area contributed by atoms with Gasteiger partial charge >= 0.3 is 5.97 Å². The molecule has 11 heteroatoms.